The lowest BCUT2D eigenvalue weighted by Crippen LogP contribution is -2.50. The van der Waals surface area contributed by atoms with E-state index in [0.717, 1.165) is 12.8 Å². The van der Waals surface area contributed by atoms with Gasteiger partial charge in [-0.2, -0.15) is 13.2 Å². The van der Waals surface area contributed by atoms with E-state index in [4.69, 9.17) is 0 Å². The highest BCUT2D eigenvalue weighted by Gasteiger charge is 2.55. The first-order valence-electron chi connectivity index (χ1n) is 5.20. The molecule has 2 nitrogen and oxygen atoms in total. The molecule has 2 fully saturated rings. The largest absolute Gasteiger partial charge is 0.393 e. The standard InChI is InChI=1S/C10H14F3NO/c1-7(15)14-6-8(10(11,12)13)2-3-9(14)4-5-9/h8H,2-6H2,1H3. The van der Waals surface area contributed by atoms with Crippen LogP contribution in [-0.2, 0) is 4.79 Å². The molecule has 1 saturated carbocycles. The minimum Gasteiger partial charge on any atom is -0.337 e. The van der Waals surface area contributed by atoms with Crippen molar-refractivity contribution in [1.29, 1.82) is 0 Å². The van der Waals surface area contributed by atoms with Crippen LogP contribution in [0.15, 0.2) is 0 Å². The SMILES string of the molecule is CC(=O)N1CC(C(F)(F)F)CCC12CC2. The zero-order chi connectivity index (χ0) is 11.3. The predicted molar refractivity (Wildman–Crippen MR) is 48.1 cm³/mol. The van der Waals surface area contributed by atoms with Gasteiger partial charge in [0.15, 0.2) is 0 Å². The number of likely N-dealkylation sites (tertiary alicyclic amines) is 1. The highest BCUT2D eigenvalue weighted by molar-refractivity contribution is 5.75. The normalized spacial score (nSPS) is 29.3. The minimum atomic E-state index is -4.16. The molecule has 15 heavy (non-hydrogen) atoms. The molecule has 0 aromatic heterocycles. The number of halogens is 3. The van der Waals surface area contributed by atoms with Crippen LogP contribution in [-0.4, -0.2) is 29.1 Å². The second-order valence-corrected chi connectivity index (χ2v) is 4.63. The van der Waals surface area contributed by atoms with E-state index in [1.54, 1.807) is 0 Å². The third kappa shape index (κ3) is 1.84. The molecule has 2 rings (SSSR count). The minimum absolute atomic E-state index is 0.140. The summed E-state index contributed by atoms with van der Waals surface area (Å²) in [5.74, 6) is -1.55. The fraction of sp³-hybridized carbons (Fsp3) is 0.900. The Morgan fingerprint density at radius 3 is 2.33 bits per heavy atom. The first kappa shape index (κ1) is 10.8. The summed E-state index contributed by atoms with van der Waals surface area (Å²) in [5, 5.41) is 0. The van der Waals surface area contributed by atoms with Gasteiger partial charge >= 0.3 is 6.18 Å². The van der Waals surface area contributed by atoms with Gasteiger partial charge in [-0.25, -0.2) is 0 Å². The maximum Gasteiger partial charge on any atom is 0.393 e. The Bertz CT molecular complexity index is 283. The third-order valence-electron chi connectivity index (χ3n) is 3.60. The Balaban J connectivity index is 2.10. The van der Waals surface area contributed by atoms with E-state index in [2.05, 4.69) is 0 Å². The molecule has 1 amide bonds. The van der Waals surface area contributed by atoms with Crippen LogP contribution in [0.4, 0.5) is 13.2 Å². The number of carbonyl (C=O) groups is 1. The molecule has 1 heterocycles. The van der Waals surface area contributed by atoms with Gasteiger partial charge in [0.2, 0.25) is 5.91 Å². The van der Waals surface area contributed by atoms with E-state index >= 15 is 0 Å². The molecular formula is C10H14F3NO. The Kier molecular flexibility index (Phi) is 2.24. The molecule has 1 unspecified atom stereocenters. The summed E-state index contributed by atoms with van der Waals surface area (Å²) in [7, 11) is 0. The maximum absolute atomic E-state index is 12.5. The summed E-state index contributed by atoms with van der Waals surface area (Å²) in [6.07, 6.45) is -1.73. The maximum atomic E-state index is 12.5. The molecule has 1 spiro atoms. The van der Waals surface area contributed by atoms with E-state index in [1.165, 1.54) is 11.8 Å². The third-order valence-corrected chi connectivity index (χ3v) is 3.60. The van der Waals surface area contributed by atoms with Crippen molar-refractivity contribution in [2.75, 3.05) is 6.54 Å². The summed E-state index contributed by atoms with van der Waals surface area (Å²) in [6, 6.07) is 0. The summed E-state index contributed by atoms with van der Waals surface area (Å²) in [4.78, 5) is 12.7. The molecule has 1 atom stereocenters. The fourth-order valence-electron chi connectivity index (χ4n) is 2.48. The molecule has 1 aliphatic heterocycles. The van der Waals surface area contributed by atoms with Crippen LogP contribution in [0.25, 0.3) is 0 Å². The van der Waals surface area contributed by atoms with Gasteiger partial charge in [0, 0.05) is 19.0 Å². The second-order valence-electron chi connectivity index (χ2n) is 4.63. The first-order valence-corrected chi connectivity index (χ1v) is 5.20. The van der Waals surface area contributed by atoms with Crippen molar-refractivity contribution in [1.82, 2.24) is 4.90 Å². The monoisotopic (exact) mass is 221 g/mol. The van der Waals surface area contributed by atoms with E-state index < -0.39 is 12.1 Å². The number of nitrogens with zero attached hydrogens (tertiary/aromatic N) is 1. The predicted octanol–water partition coefficient (Wildman–Crippen LogP) is 2.34. The second kappa shape index (κ2) is 3.12. The molecule has 0 aromatic rings. The number of hydrogen-bond acceptors (Lipinski definition) is 1. The Morgan fingerprint density at radius 2 is 1.93 bits per heavy atom. The lowest BCUT2D eigenvalue weighted by atomic mass is 9.90. The van der Waals surface area contributed by atoms with Gasteiger partial charge in [-0.15, -0.1) is 0 Å². The number of carbonyl (C=O) groups excluding carboxylic acids is 1. The summed E-state index contributed by atoms with van der Waals surface area (Å²) in [5.41, 5.74) is -0.201. The zero-order valence-corrected chi connectivity index (χ0v) is 8.60. The molecule has 1 saturated heterocycles. The van der Waals surface area contributed by atoms with Crippen LogP contribution in [0, 0.1) is 5.92 Å². The molecule has 0 aromatic carbocycles. The smallest absolute Gasteiger partial charge is 0.337 e. The van der Waals surface area contributed by atoms with Gasteiger partial charge in [0.05, 0.1) is 5.92 Å². The summed E-state index contributed by atoms with van der Waals surface area (Å²) >= 11 is 0. The lowest BCUT2D eigenvalue weighted by Gasteiger charge is -2.40. The molecule has 0 radical (unpaired) electrons. The number of alkyl halides is 3. The van der Waals surface area contributed by atoms with Gasteiger partial charge in [-0.05, 0) is 25.7 Å². The average Bonchev–Trinajstić information content (AvgIpc) is 2.83. The van der Waals surface area contributed by atoms with E-state index in [-0.39, 0.29) is 24.4 Å². The fourth-order valence-corrected chi connectivity index (χ4v) is 2.48. The lowest BCUT2D eigenvalue weighted by molar-refractivity contribution is -0.192. The Hall–Kier alpha value is -0.740. The molecule has 1 aliphatic carbocycles. The van der Waals surface area contributed by atoms with Crippen LogP contribution >= 0.6 is 0 Å². The van der Waals surface area contributed by atoms with Gasteiger partial charge < -0.3 is 4.90 Å². The molecule has 0 N–H and O–H groups in total. The highest BCUT2D eigenvalue weighted by Crippen LogP contribution is 2.51. The van der Waals surface area contributed by atoms with Crippen LogP contribution in [0.3, 0.4) is 0 Å². The Labute approximate surface area is 86.4 Å². The van der Waals surface area contributed by atoms with E-state index in [0.29, 0.717) is 6.42 Å². The van der Waals surface area contributed by atoms with Gasteiger partial charge in [0.25, 0.3) is 0 Å². The molecule has 2 aliphatic rings. The summed E-state index contributed by atoms with van der Waals surface area (Å²) in [6.45, 7) is 1.22. The Morgan fingerprint density at radius 1 is 1.33 bits per heavy atom. The van der Waals surface area contributed by atoms with Crippen molar-refractivity contribution in [2.24, 2.45) is 5.92 Å². The van der Waals surface area contributed by atoms with Gasteiger partial charge in [-0.3, -0.25) is 4.79 Å². The van der Waals surface area contributed by atoms with Crippen LogP contribution in [0.1, 0.15) is 32.6 Å². The molecule has 5 heteroatoms. The average molecular weight is 221 g/mol. The van der Waals surface area contributed by atoms with Crippen molar-refractivity contribution in [2.45, 2.75) is 44.3 Å². The van der Waals surface area contributed by atoms with Crippen molar-refractivity contribution < 1.29 is 18.0 Å². The number of hydrogen-bond donors (Lipinski definition) is 0. The van der Waals surface area contributed by atoms with Crippen LogP contribution in [0.2, 0.25) is 0 Å². The molecular weight excluding hydrogens is 207 g/mol. The summed E-state index contributed by atoms with van der Waals surface area (Å²) < 4.78 is 37.5. The van der Waals surface area contributed by atoms with Crippen molar-refractivity contribution in [3.8, 4) is 0 Å². The quantitative estimate of drug-likeness (QED) is 0.614. The van der Waals surface area contributed by atoms with E-state index in [1.807, 2.05) is 0 Å². The van der Waals surface area contributed by atoms with Crippen molar-refractivity contribution in [3.05, 3.63) is 0 Å². The van der Waals surface area contributed by atoms with Gasteiger partial charge in [-0.1, -0.05) is 0 Å². The van der Waals surface area contributed by atoms with Crippen LogP contribution < -0.4 is 0 Å². The van der Waals surface area contributed by atoms with E-state index in [9.17, 15) is 18.0 Å². The van der Waals surface area contributed by atoms with Crippen LogP contribution in [0.5, 0.6) is 0 Å². The molecule has 0 bridgehead atoms. The number of piperidine rings is 1. The number of amides is 1. The van der Waals surface area contributed by atoms with Gasteiger partial charge in [0.1, 0.15) is 0 Å². The topological polar surface area (TPSA) is 20.3 Å². The zero-order valence-electron chi connectivity index (χ0n) is 8.60. The first-order chi connectivity index (χ1) is 6.85. The molecule has 86 valence electrons. The highest BCUT2D eigenvalue weighted by atomic mass is 19.4. The van der Waals surface area contributed by atoms with Crippen molar-refractivity contribution in [3.63, 3.8) is 0 Å². The number of rotatable bonds is 0. The van der Waals surface area contributed by atoms with Crippen molar-refractivity contribution >= 4 is 5.91 Å².